The molecule has 0 saturated carbocycles. The Balaban J connectivity index is 1.45. The van der Waals surface area contributed by atoms with Crippen molar-refractivity contribution in [2.75, 3.05) is 25.2 Å². The number of methoxy groups -OCH3 is 1. The summed E-state index contributed by atoms with van der Waals surface area (Å²) in [5.41, 5.74) is 1.81. The predicted octanol–water partition coefficient (Wildman–Crippen LogP) is 2.96. The number of para-hydroxylation sites is 4. The summed E-state index contributed by atoms with van der Waals surface area (Å²) in [6, 6.07) is 16.1. The number of aromatic amines is 1. The molecule has 1 aliphatic heterocycles. The number of aromatic nitrogens is 2. The molecule has 4 rings (SSSR count). The van der Waals surface area contributed by atoms with Gasteiger partial charge in [0.25, 0.3) is 0 Å². The monoisotopic (exact) mass is 432 g/mol. The lowest BCUT2D eigenvalue weighted by Gasteiger charge is -2.19. The molecular weight excluding hydrogens is 412 g/mol. The standard InChI is InChI=1S/C23H20N4O5/c1-31-20-9-5-4-8-18(20)27-12-14(10-21(27)29)23(30)32-13-19(28)15(11-24)22-25-16-6-2-3-7-17(16)26-22/h2-9,14,28H,10,12-13H2,1H3,(H,25,26)/t14-/m0/s1. The van der Waals surface area contributed by atoms with Crippen molar-refractivity contribution >= 4 is 34.2 Å². The van der Waals surface area contributed by atoms with Crippen LogP contribution in [0.25, 0.3) is 16.6 Å². The van der Waals surface area contributed by atoms with Crippen LogP contribution in [0.5, 0.6) is 5.75 Å². The molecule has 32 heavy (non-hydrogen) atoms. The number of carbonyl (C=O) groups excluding carboxylic acids is 2. The van der Waals surface area contributed by atoms with E-state index in [0.29, 0.717) is 22.5 Å². The fraction of sp³-hybridized carbons (Fsp3) is 0.217. The van der Waals surface area contributed by atoms with Crippen molar-refractivity contribution in [3.8, 4) is 11.8 Å². The Morgan fingerprint density at radius 1 is 1.28 bits per heavy atom. The minimum atomic E-state index is -0.697. The number of nitrogens with one attached hydrogen (secondary N) is 1. The van der Waals surface area contributed by atoms with E-state index in [1.54, 1.807) is 36.4 Å². The van der Waals surface area contributed by atoms with Crippen LogP contribution in [0.1, 0.15) is 12.2 Å². The van der Waals surface area contributed by atoms with Crippen molar-refractivity contribution in [3.05, 3.63) is 60.1 Å². The van der Waals surface area contributed by atoms with E-state index in [0.717, 1.165) is 0 Å². The summed E-state index contributed by atoms with van der Waals surface area (Å²) in [5, 5.41) is 19.8. The second-order valence-corrected chi connectivity index (χ2v) is 7.22. The molecule has 0 aliphatic carbocycles. The highest BCUT2D eigenvalue weighted by Crippen LogP contribution is 2.33. The van der Waals surface area contributed by atoms with Gasteiger partial charge in [0.15, 0.2) is 11.6 Å². The van der Waals surface area contributed by atoms with Gasteiger partial charge < -0.3 is 24.5 Å². The van der Waals surface area contributed by atoms with Crippen molar-refractivity contribution < 1.29 is 24.2 Å². The first-order valence-corrected chi connectivity index (χ1v) is 9.89. The number of hydrogen-bond acceptors (Lipinski definition) is 7. The Kier molecular flexibility index (Phi) is 5.77. The molecule has 9 heteroatoms. The number of nitriles is 1. The minimum absolute atomic E-state index is 0.0178. The first-order valence-electron chi connectivity index (χ1n) is 9.89. The Bertz CT molecular complexity index is 1220. The molecule has 0 bridgehead atoms. The second-order valence-electron chi connectivity index (χ2n) is 7.22. The molecule has 1 fully saturated rings. The van der Waals surface area contributed by atoms with Gasteiger partial charge in [-0.3, -0.25) is 9.59 Å². The van der Waals surface area contributed by atoms with Gasteiger partial charge in [-0.15, -0.1) is 0 Å². The molecule has 2 heterocycles. The number of benzene rings is 2. The van der Waals surface area contributed by atoms with E-state index >= 15 is 0 Å². The van der Waals surface area contributed by atoms with Gasteiger partial charge in [0.1, 0.15) is 24.0 Å². The number of nitrogens with zero attached hydrogens (tertiary/aromatic N) is 3. The molecule has 1 saturated heterocycles. The molecule has 1 atom stereocenters. The van der Waals surface area contributed by atoms with Crippen LogP contribution in [0.4, 0.5) is 5.69 Å². The van der Waals surface area contributed by atoms with Crippen molar-refractivity contribution in [2.45, 2.75) is 6.42 Å². The summed E-state index contributed by atoms with van der Waals surface area (Å²) >= 11 is 0. The number of rotatable bonds is 6. The van der Waals surface area contributed by atoms with Crippen LogP contribution in [0.3, 0.4) is 0 Å². The average Bonchev–Trinajstić information content (AvgIpc) is 3.41. The number of carbonyl (C=O) groups is 2. The fourth-order valence-corrected chi connectivity index (χ4v) is 3.61. The van der Waals surface area contributed by atoms with E-state index in [-0.39, 0.29) is 30.3 Å². The summed E-state index contributed by atoms with van der Waals surface area (Å²) in [5.74, 6) is -1.27. The maximum atomic E-state index is 12.5. The van der Waals surface area contributed by atoms with Gasteiger partial charge in [-0.2, -0.15) is 5.26 Å². The maximum absolute atomic E-state index is 12.5. The first kappa shape index (κ1) is 20.9. The molecule has 9 nitrogen and oxygen atoms in total. The molecule has 3 aromatic rings. The quantitative estimate of drug-likeness (QED) is 0.348. The third-order valence-electron chi connectivity index (χ3n) is 5.21. The van der Waals surface area contributed by atoms with Crippen LogP contribution < -0.4 is 9.64 Å². The number of esters is 1. The molecule has 0 unspecified atom stereocenters. The number of ether oxygens (including phenoxy) is 2. The number of aliphatic hydroxyl groups is 1. The summed E-state index contributed by atoms with van der Waals surface area (Å²) in [6.45, 7) is -0.366. The van der Waals surface area contributed by atoms with Crippen LogP contribution in [-0.4, -0.2) is 47.2 Å². The Morgan fingerprint density at radius 3 is 2.78 bits per heavy atom. The average molecular weight is 432 g/mol. The van der Waals surface area contributed by atoms with E-state index in [4.69, 9.17) is 9.47 Å². The zero-order chi connectivity index (χ0) is 22.7. The van der Waals surface area contributed by atoms with Crippen LogP contribution in [-0.2, 0) is 14.3 Å². The van der Waals surface area contributed by atoms with Crippen molar-refractivity contribution in [2.24, 2.45) is 5.92 Å². The molecule has 0 radical (unpaired) electrons. The Hall–Kier alpha value is -4.32. The lowest BCUT2D eigenvalue weighted by molar-refractivity contribution is -0.148. The molecule has 1 aliphatic rings. The number of fused-ring (bicyclic) bond motifs is 1. The van der Waals surface area contributed by atoms with Crippen LogP contribution in [0.2, 0.25) is 0 Å². The van der Waals surface area contributed by atoms with Crippen molar-refractivity contribution in [1.29, 1.82) is 5.26 Å². The van der Waals surface area contributed by atoms with Gasteiger partial charge in [0.2, 0.25) is 5.91 Å². The third-order valence-corrected chi connectivity index (χ3v) is 5.21. The van der Waals surface area contributed by atoms with Crippen LogP contribution in [0, 0.1) is 17.2 Å². The molecule has 2 N–H and O–H groups in total. The normalized spacial score (nSPS) is 16.6. The minimum Gasteiger partial charge on any atom is -0.507 e. The van der Waals surface area contributed by atoms with Crippen LogP contribution >= 0.6 is 0 Å². The van der Waals surface area contributed by atoms with E-state index in [2.05, 4.69) is 9.97 Å². The van der Waals surface area contributed by atoms with Crippen molar-refractivity contribution in [3.63, 3.8) is 0 Å². The smallest absolute Gasteiger partial charge is 0.311 e. The summed E-state index contributed by atoms with van der Waals surface area (Å²) in [6.07, 6.45) is -0.0178. The third kappa shape index (κ3) is 3.98. The van der Waals surface area contributed by atoms with Gasteiger partial charge in [0, 0.05) is 13.0 Å². The van der Waals surface area contributed by atoms with Gasteiger partial charge in [-0.1, -0.05) is 24.3 Å². The zero-order valence-corrected chi connectivity index (χ0v) is 17.2. The largest absolute Gasteiger partial charge is 0.507 e. The van der Waals surface area contributed by atoms with Crippen molar-refractivity contribution in [1.82, 2.24) is 9.97 Å². The maximum Gasteiger partial charge on any atom is 0.311 e. The fourth-order valence-electron chi connectivity index (χ4n) is 3.61. The highest BCUT2D eigenvalue weighted by molar-refractivity contribution is 6.00. The lowest BCUT2D eigenvalue weighted by atomic mass is 10.1. The summed E-state index contributed by atoms with van der Waals surface area (Å²) in [7, 11) is 1.51. The van der Waals surface area contributed by atoms with E-state index in [1.165, 1.54) is 12.0 Å². The predicted molar refractivity (Wildman–Crippen MR) is 116 cm³/mol. The topological polar surface area (TPSA) is 129 Å². The molecule has 1 amide bonds. The Morgan fingerprint density at radius 2 is 2.03 bits per heavy atom. The molecule has 2 aromatic carbocycles. The number of anilines is 1. The van der Waals surface area contributed by atoms with Gasteiger partial charge >= 0.3 is 5.97 Å². The second kappa shape index (κ2) is 8.81. The first-order chi connectivity index (χ1) is 15.5. The zero-order valence-electron chi connectivity index (χ0n) is 17.2. The Labute approximate surface area is 183 Å². The molecule has 1 aromatic heterocycles. The highest BCUT2D eigenvalue weighted by Gasteiger charge is 2.37. The summed E-state index contributed by atoms with van der Waals surface area (Å²) < 4.78 is 10.5. The van der Waals surface area contributed by atoms with Gasteiger partial charge in [-0.05, 0) is 24.3 Å². The van der Waals surface area contributed by atoms with Gasteiger partial charge in [-0.25, -0.2) is 4.98 Å². The van der Waals surface area contributed by atoms with E-state index in [9.17, 15) is 20.0 Å². The molecule has 162 valence electrons. The van der Waals surface area contributed by atoms with Gasteiger partial charge in [0.05, 0.1) is 29.7 Å². The number of amides is 1. The SMILES string of the molecule is COc1ccccc1N1C[C@@H](C(=O)OCC(O)=C(C#N)c2nc3ccccc3[nH]2)CC1=O. The van der Waals surface area contributed by atoms with E-state index in [1.807, 2.05) is 18.2 Å². The molecule has 0 spiro atoms. The highest BCUT2D eigenvalue weighted by atomic mass is 16.5. The number of imidazole rings is 1. The lowest BCUT2D eigenvalue weighted by Crippen LogP contribution is -2.27. The molecular formula is C23H20N4O5. The number of allylic oxidation sites excluding steroid dienone is 1. The number of H-pyrrole nitrogens is 1. The number of aliphatic hydroxyl groups excluding tert-OH is 1. The van der Waals surface area contributed by atoms with E-state index < -0.39 is 24.3 Å². The number of hydrogen-bond donors (Lipinski definition) is 2. The van der Waals surface area contributed by atoms with Crippen LogP contribution in [0.15, 0.2) is 54.3 Å². The summed E-state index contributed by atoms with van der Waals surface area (Å²) in [4.78, 5) is 33.7.